The largest absolute Gasteiger partial charge is 0.349 e. The standard InChI is InChI=1S/C22H24FN3O2/c1-13-18(10-15(11-19(13)23)22(28)26-17-7-8-17)20-9-6-14(12-24-20)21(27)25-16-4-2-3-5-16/h6,9-12,16-17H,2-5,7-8H2,1H3,(H,25,27)(H,26,28). The molecular weight excluding hydrogens is 357 g/mol. The van der Waals surface area contributed by atoms with Gasteiger partial charge in [-0.3, -0.25) is 14.6 Å². The lowest BCUT2D eigenvalue weighted by Gasteiger charge is -2.13. The minimum Gasteiger partial charge on any atom is -0.349 e. The van der Waals surface area contributed by atoms with E-state index in [-0.39, 0.29) is 29.5 Å². The summed E-state index contributed by atoms with van der Waals surface area (Å²) in [5.41, 5.74) is 2.29. The molecule has 2 aliphatic carbocycles. The molecule has 0 spiro atoms. The highest BCUT2D eigenvalue weighted by atomic mass is 19.1. The monoisotopic (exact) mass is 381 g/mol. The van der Waals surface area contributed by atoms with Crippen LogP contribution in [0, 0.1) is 12.7 Å². The van der Waals surface area contributed by atoms with Crippen molar-refractivity contribution >= 4 is 11.8 Å². The van der Waals surface area contributed by atoms with E-state index in [1.165, 1.54) is 12.3 Å². The fourth-order valence-corrected chi connectivity index (χ4v) is 3.60. The Bertz CT molecular complexity index is 901. The number of carbonyl (C=O) groups excluding carboxylic acids is 2. The molecule has 0 saturated heterocycles. The lowest BCUT2D eigenvalue weighted by molar-refractivity contribution is 0.0933. The van der Waals surface area contributed by atoms with Crippen LogP contribution in [0.2, 0.25) is 0 Å². The number of benzene rings is 1. The quantitative estimate of drug-likeness (QED) is 0.828. The number of hydrogen-bond acceptors (Lipinski definition) is 3. The SMILES string of the molecule is Cc1c(F)cc(C(=O)NC2CC2)cc1-c1ccc(C(=O)NC2CCCC2)cn1. The number of halogens is 1. The molecule has 2 aromatic rings. The predicted octanol–water partition coefficient (Wildman–Crippen LogP) is 3.76. The van der Waals surface area contributed by atoms with Gasteiger partial charge in [0.25, 0.3) is 11.8 Å². The van der Waals surface area contributed by atoms with Gasteiger partial charge in [-0.05, 0) is 62.4 Å². The summed E-state index contributed by atoms with van der Waals surface area (Å²) in [6.07, 6.45) is 7.79. The summed E-state index contributed by atoms with van der Waals surface area (Å²) in [6.45, 7) is 1.66. The summed E-state index contributed by atoms with van der Waals surface area (Å²) in [5, 5.41) is 5.91. The molecule has 1 aromatic carbocycles. The van der Waals surface area contributed by atoms with Crippen molar-refractivity contribution in [2.45, 2.75) is 57.5 Å². The molecule has 5 nitrogen and oxygen atoms in total. The van der Waals surface area contributed by atoms with E-state index >= 15 is 0 Å². The van der Waals surface area contributed by atoms with E-state index in [1.807, 2.05) is 0 Å². The van der Waals surface area contributed by atoms with Gasteiger partial charge in [0.05, 0.1) is 11.3 Å². The third-order valence-electron chi connectivity index (χ3n) is 5.51. The average molecular weight is 381 g/mol. The van der Waals surface area contributed by atoms with Gasteiger partial charge in [-0.15, -0.1) is 0 Å². The molecule has 1 aromatic heterocycles. The highest BCUT2D eigenvalue weighted by molar-refractivity contribution is 5.96. The maximum atomic E-state index is 14.4. The molecule has 0 bridgehead atoms. The molecular formula is C22H24FN3O2. The van der Waals surface area contributed by atoms with Crippen LogP contribution in [0.15, 0.2) is 30.5 Å². The van der Waals surface area contributed by atoms with E-state index in [4.69, 9.17) is 0 Å². The number of nitrogens with zero attached hydrogens (tertiary/aromatic N) is 1. The second kappa shape index (κ2) is 7.70. The topological polar surface area (TPSA) is 71.1 Å². The average Bonchev–Trinajstić information content (AvgIpc) is 3.36. The van der Waals surface area contributed by atoms with E-state index in [2.05, 4.69) is 15.6 Å². The summed E-state index contributed by atoms with van der Waals surface area (Å²) in [4.78, 5) is 29.0. The van der Waals surface area contributed by atoms with Gasteiger partial charge >= 0.3 is 0 Å². The Kier molecular flexibility index (Phi) is 5.11. The lowest BCUT2D eigenvalue weighted by Crippen LogP contribution is -2.32. The molecule has 28 heavy (non-hydrogen) atoms. The third kappa shape index (κ3) is 4.06. The molecule has 2 saturated carbocycles. The van der Waals surface area contributed by atoms with Crippen molar-refractivity contribution in [3.63, 3.8) is 0 Å². The van der Waals surface area contributed by atoms with E-state index < -0.39 is 5.82 Å². The lowest BCUT2D eigenvalue weighted by atomic mass is 10.00. The van der Waals surface area contributed by atoms with Crippen LogP contribution in [0.4, 0.5) is 4.39 Å². The normalized spacial score (nSPS) is 16.8. The fraction of sp³-hybridized carbons (Fsp3) is 0.409. The van der Waals surface area contributed by atoms with Crippen molar-refractivity contribution < 1.29 is 14.0 Å². The highest BCUT2D eigenvalue weighted by Crippen LogP contribution is 2.27. The second-order valence-corrected chi connectivity index (χ2v) is 7.77. The summed E-state index contributed by atoms with van der Waals surface area (Å²) >= 11 is 0. The van der Waals surface area contributed by atoms with Gasteiger partial charge in [0.1, 0.15) is 5.82 Å². The maximum absolute atomic E-state index is 14.4. The van der Waals surface area contributed by atoms with Crippen LogP contribution in [0.3, 0.4) is 0 Å². The van der Waals surface area contributed by atoms with Crippen molar-refractivity contribution in [1.29, 1.82) is 0 Å². The predicted molar refractivity (Wildman–Crippen MR) is 105 cm³/mol. The summed E-state index contributed by atoms with van der Waals surface area (Å²) in [7, 11) is 0. The first-order valence-electron chi connectivity index (χ1n) is 9.89. The minimum atomic E-state index is -0.441. The van der Waals surface area contributed by atoms with E-state index in [0.29, 0.717) is 22.4 Å². The Labute approximate surface area is 163 Å². The van der Waals surface area contributed by atoms with Crippen molar-refractivity contribution in [2.75, 3.05) is 0 Å². The Hall–Kier alpha value is -2.76. The van der Waals surface area contributed by atoms with Crippen LogP contribution in [-0.2, 0) is 0 Å². The van der Waals surface area contributed by atoms with Gasteiger partial charge in [-0.25, -0.2) is 4.39 Å². The molecule has 4 rings (SSSR count). The first-order chi connectivity index (χ1) is 13.5. The Morgan fingerprint density at radius 3 is 2.21 bits per heavy atom. The van der Waals surface area contributed by atoms with Crippen LogP contribution in [-0.4, -0.2) is 28.9 Å². The van der Waals surface area contributed by atoms with Crippen molar-refractivity contribution in [2.24, 2.45) is 0 Å². The number of pyridine rings is 1. The molecule has 2 amide bonds. The summed E-state index contributed by atoms with van der Waals surface area (Å²) in [5.74, 6) is -0.843. The van der Waals surface area contributed by atoms with Crippen molar-refractivity contribution in [3.8, 4) is 11.3 Å². The second-order valence-electron chi connectivity index (χ2n) is 7.77. The van der Waals surface area contributed by atoms with Crippen LogP contribution in [0.1, 0.15) is 64.8 Å². The first kappa shape index (κ1) is 18.6. The third-order valence-corrected chi connectivity index (χ3v) is 5.51. The van der Waals surface area contributed by atoms with Crippen LogP contribution < -0.4 is 10.6 Å². The van der Waals surface area contributed by atoms with E-state index in [1.54, 1.807) is 25.1 Å². The van der Waals surface area contributed by atoms with Crippen molar-refractivity contribution in [3.05, 3.63) is 53.0 Å². The number of rotatable bonds is 5. The van der Waals surface area contributed by atoms with Gasteiger partial charge < -0.3 is 10.6 Å². The molecule has 2 fully saturated rings. The van der Waals surface area contributed by atoms with E-state index in [9.17, 15) is 14.0 Å². The molecule has 0 unspecified atom stereocenters. The zero-order valence-corrected chi connectivity index (χ0v) is 15.9. The molecule has 2 N–H and O–H groups in total. The molecule has 146 valence electrons. The Morgan fingerprint density at radius 2 is 1.61 bits per heavy atom. The number of nitrogens with one attached hydrogen (secondary N) is 2. The van der Waals surface area contributed by atoms with Gasteiger partial charge in [0.2, 0.25) is 0 Å². The fourth-order valence-electron chi connectivity index (χ4n) is 3.60. The summed E-state index contributed by atoms with van der Waals surface area (Å²) < 4.78 is 14.4. The number of aromatic nitrogens is 1. The zero-order chi connectivity index (χ0) is 19.7. The highest BCUT2D eigenvalue weighted by Gasteiger charge is 2.25. The molecule has 1 heterocycles. The van der Waals surface area contributed by atoms with E-state index in [0.717, 1.165) is 38.5 Å². The molecule has 0 aliphatic heterocycles. The molecule has 0 radical (unpaired) electrons. The van der Waals surface area contributed by atoms with Gasteiger partial charge in [0.15, 0.2) is 0 Å². The van der Waals surface area contributed by atoms with Crippen LogP contribution in [0.5, 0.6) is 0 Å². The van der Waals surface area contributed by atoms with Gasteiger partial charge in [0, 0.05) is 29.4 Å². The molecule has 6 heteroatoms. The Morgan fingerprint density at radius 1 is 0.964 bits per heavy atom. The van der Waals surface area contributed by atoms with Crippen LogP contribution in [0.25, 0.3) is 11.3 Å². The number of hydrogen-bond donors (Lipinski definition) is 2. The Balaban J connectivity index is 1.55. The zero-order valence-electron chi connectivity index (χ0n) is 15.9. The summed E-state index contributed by atoms with van der Waals surface area (Å²) in [6, 6.07) is 6.77. The number of amides is 2. The maximum Gasteiger partial charge on any atom is 0.253 e. The minimum absolute atomic E-state index is 0.133. The number of carbonyl (C=O) groups is 2. The van der Waals surface area contributed by atoms with Crippen molar-refractivity contribution in [1.82, 2.24) is 15.6 Å². The molecule has 0 atom stereocenters. The first-order valence-corrected chi connectivity index (χ1v) is 9.89. The molecule has 2 aliphatic rings. The van der Waals surface area contributed by atoms with Gasteiger partial charge in [-0.2, -0.15) is 0 Å². The van der Waals surface area contributed by atoms with Gasteiger partial charge in [-0.1, -0.05) is 12.8 Å². The smallest absolute Gasteiger partial charge is 0.253 e. The van der Waals surface area contributed by atoms with Crippen LogP contribution >= 0.6 is 0 Å².